The lowest BCUT2D eigenvalue weighted by Crippen LogP contribution is -2.29. The second-order valence-electron chi connectivity index (χ2n) is 4.86. The summed E-state index contributed by atoms with van der Waals surface area (Å²) in [6.45, 7) is 0.555. The molecule has 1 aromatic carbocycles. The predicted octanol–water partition coefficient (Wildman–Crippen LogP) is 2.44. The Hall–Kier alpha value is -1.91. The van der Waals surface area contributed by atoms with Crippen molar-refractivity contribution in [1.29, 1.82) is 0 Å². The maximum Gasteiger partial charge on any atom is 0.335 e. The molecule has 0 aromatic heterocycles. The van der Waals surface area contributed by atoms with Crippen LogP contribution in [0.25, 0.3) is 0 Å². The molecule has 1 fully saturated rings. The SMILES string of the molecule is O=C(O)c1ccc(C(=O)NCC2CCCC2)c(F)c1. The number of nitrogens with one attached hydrogen (secondary N) is 1. The van der Waals surface area contributed by atoms with Crippen molar-refractivity contribution in [1.82, 2.24) is 5.32 Å². The second kappa shape index (κ2) is 5.82. The van der Waals surface area contributed by atoms with Gasteiger partial charge in [-0.15, -0.1) is 0 Å². The highest BCUT2D eigenvalue weighted by atomic mass is 19.1. The van der Waals surface area contributed by atoms with Crippen LogP contribution in [0.15, 0.2) is 18.2 Å². The van der Waals surface area contributed by atoms with Gasteiger partial charge in [0.2, 0.25) is 0 Å². The minimum absolute atomic E-state index is 0.108. The van der Waals surface area contributed by atoms with Gasteiger partial charge in [0.25, 0.3) is 5.91 Å². The number of benzene rings is 1. The molecular weight excluding hydrogens is 249 g/mol. The zero-order valence-electron chi connectivity index (χ0n) is 10.5. The highest BCUT2D eigenvalue weighted by molar-refractivity contribution is 5.96. The number of carbonyl (C=O) groups is 2. The Labute approximate surface area is 110 Å². The predicted molar refractivity (Wildman–Crippen MR) is 67.7 cm³/mol. The molecule has 1 aromatic rings. The summed E-state index contributed by atoms with van der Waals surface area (Å²) in [6, 6.07) is 3.31. The molecule has 5 heteroatoms. The van der Waals surface area contributed by atoms with Gasteiger partial charge in [-0.3, -0.25) is 4.79 Å². The Morgan fingerprint density at radius 3 is 2.58 bits per heavy atom. The third-order valence-electron chi connectivity index (χ3n) is 3.49. The lowest BCUT2D eigenvalue weighted by atomic mass is 10.1. The lowest BCUT2D eigenvalue weighted by Gasteiger charge is -2.11. The van der Waals surface area contributed by atoms with Crippen molar-refractivity contribution in [2.75, 3.05) is 6.54 Å². The fourth-order valence-corrected chi connectivity index (χ4v) is 2.38. The second-order valence-corrected chi connectivity index (χ2v) is 4.86. The minimum Gasteiger partial charge on any atom is -0.478 e. The van der Waals surface area contributed by atoms with E-state index in [1.165, 1.54) is 25.0 Å². The van der Waals surface area contributed by atoms with Crippen LogP contribution in [0.3, 0.4) is 0 Å². The van der Waals surface area contributed by atoms with Gasteiger partial charge in [-0.2, -0.15) is 0 Å². The van der Waals surface area contributed by atoms with Crippen molar-refractivity contribution in [3.63, 3.8) is 0 Å². The van der Waals surface area contributed by atoms with Crippen LogP contribution in [-0.4, -0.2) is 23.5 Å². The molecule has 0 spiro atoms. The molecule has 0 heterocycles. The normalized spacial score (nSPS) is 15.4. The Balaban J connectivity index is 2.00. The third kappa shape index (κ3) is 3.30. The van der Waals surface area contributed by atoms with Crippen molar-refractivity contribution < 1.29 is 19.1 Å². The summed E-state index contributed by atoms with van der Waals surface area (Å²) < 4.78 is 13.6. The van der Waals surface area contributed by atoms with Gasteiger partial charge in [0, 0.05) is 6.54 Å². The molecule has 0 saturated heterocycles. The number of hydrogen-bond donors (Lipinski definition) is 2. The third-order valence-corrected chi connectivity index (χ3v) is 3.49. The van der Waals surface area contributed by atoms with E-state index in [1.54, 1.807) is 0 Å². The Bertz CT molecular complexity index is 495. The number of amides is 1. The molecule has 1 saturated carbocycles. The van der Waals surface area contributed by atoms with Gasteiger partial charge in [0.1, 0.15) is 5.82 Å². The molecule has 2 N–H and O–H groups in total. The summed E-state index contributed by atoms with van der Waals surface area (Å²) in [5, 5.41) is 11.4. The topological polar surface area (TPSA) is 66.4 Å². The molecule has 1 amide bonds. The molecule has 1 aliphatic rings. The van der Waals surface area contributed by atoms with Gasteiger partial charge in [-0.1, -0.05) is 12.8 Å². The Morgan fingerprint density at radius 1 is 1.32 bits per heavy atom. The monoisotopic (exact) mass is 265 g/mol. The summed E-state index contributed by atoms with van der Waals surface area (Å²) in [4.78, 5) is 22.5. The van der Waals surface area contributed by atoms with Crippen molar-refractivity contribution >= 4 is 11.9 Å². The maximum absolute atomic E-state index is 13.6. The zero-order chi connectivity index (χ0) is 13.8. The van der Waals surface area contributed by atoms with Crippen LogP contribution in [-0.2, 0) is 0 Å². The molecule has 19 heavy (non-hydrogen) atoms. The first-order chi connectivity index (χ1) is 9.08. The van der Waals surface area contributed by atoms with Gasteiger partial charge in [-0.05, 0) is 37.0 Å². The molecule has 4 nitrogen and oxygen atoms in total. The van der Waals surface area contributed by atoms with Crippen LogP contribution in [0.4, 0.5) is 4.39 Å². The summed E-state index contributed by atoms with van der Waals surface area (Å²) in [6.07, 6.45) is 4.56. The van der Waals surface area contributed by atoms with Gasteiger partial charge >= 0.3 is 5.97 Å². The standard InChI is InChI=1S/C14H16FNO3/c15-12-7-10(14(18)19)5-6-11(12)13(17)16-8-9-3-1-2-4-9/h5-7,9H,1-4,8H2,(H,16,17)(H,18,19). The van der Waals surface area contributed by atoms with E-state index in [-0.39, 0.29) is 11.1 Å². The van der Waals surface area contributed by atoms with E-state index in [2.05, 4.69) is 5.32 Å². The number of halogens is 1. The number of hydrogen-bond acceptors (Lipinski definition) is 2. The van der Waals surface area contributed by atoms with E-state index < -0.39 is 17.7 Å². The first-order valence-electron chi connectivity index (χ1n) is 6.39. The van der Waals surface area contributed by atoms with E-state index >= 15 is 0 Å². The Morgan fingerprint density at radius 2 is 2.00 bits per heavy atom. The van der Waals surface area contributed by atoms with E-state index in [4.69, 9.17) is 5.11 Å². The molecule has 0 atom stereocenters. The lowest BCUT2D eigenvalue weighted by molar-refractivity contribution is 0.0695. The van der Waals surface area contributed by atoms with E-state index in [0.717, 1.165) is 18.9 Å². The molecule has 2 rings (SSSR count). The summed E-state index contributed by atoms with van der Waals surface area (Å²) in [5.74, 6) is -2.02. The van der Waals surface area contributed by atoms with Crippen LogP contribution >= 0.6 is 0 Å². The summed E-state index contributed by atoms with van der Waals surface area (Å²) >= 11 is 0. The average Bonchev–Trinajstić information content (AvgIpc) is 2.88. The number of rotatable bonds is 4. The number of carboxylic acid groups (broad SMARTS) is 1. The smallest absolute Gasteiger partial charge is 0.335 e. The fraction of sp³-hybridized carbons (Fsp3) is 0.429. The minimum atomic E-state index is -1.21. The van der Waals surface area contributed by atoms with Crippen LogP contribution in [0.1, 0.15) is 46.4 Å². The van der Waals surface area contributed by atoms with E-state index in [1.807, 2.05) is 0 Å². The van der Waals surface area contributed by atoms with Crippen molar-refractivity contribution in [3.8, 4) is 0 Å². The van der Waals surface area contributed by atoms with Crippen LogP contribution in [0, 0.1) is 11.7 Å². The highest BCUT2D eigenvalue weighted by Crippen LogP contribution is 2.23. The maximum atomic E-state index is 13.6. The molecular formula is C14H16FNO3. The van der Waals surface area contributed by atoms with Gasteiger partial charge in [0.05, 0.1) is 11.1 Å². The van der Waals surface area contributed by atoms with E-state index in [9.17, 15) is 14.0 Å². The van der Waals surface area contributed by atoms with Gasteiger partial charge < -0.3 is 10.4 Å². The van der Waals surface area contributed by atoms with Crippen molar-refractivity contribution in [2.45, 2.75) is 25.7 Å². The van der Waals surface area contributed by atoms with E-state index in [0.29, 0.717) is 12.5 Å². The average molecular weight is 265 g/mol. The van der Waals surface area contributed by atoms with Crippen molar-refractivity contribution in [3.05, 3.63) is 35.1 Å². The number of carbonyl (C=O) groups excluding carboxylic acids is 1. The number of aromatic carboxylic acids is 1. The molecule has 0 bridgehead atoms. The molecule has 0 radical (unpaired) electrons. The first-order valence-corrected chi connectivity index (χ1v) is 6.39. The molecule has 0 aliphatic heterocycles. The van der Waals surface area contributed by atoms with Crippen LogP contribution in [0.2, 0.25) is 0 Å². The molecule has 1 aliphatic carbocycles. The van der Waals surface area contributed by atoms with Crippen molar-refractivity contribution in [2.24, 2.45) is 5.92 Å². The van der Waals surface area contributed by atoms with Crippen LogP contribution < -0.4 is 5.32 Å². The fourth-order valence-electron chi connectivity index (χ4n) is 2.38. The zero-order valence-corrected chi connectivity index (χ0v) is 10.5. The van der Waals surface area contributed by atoms with Gasteiger partial charge in [0.15, 0.2) is 0 Å². The quantitative estimate of drug-likeness (QED) is 0.878. The highest BCUT2D eigenvalue weighted by Gasteiger charge is 2.18. The summed E-state index contributed by atoms with van der Waals surface area (Å²) in [5.41, 5.74) is -0.271. The van der Waals surface area contributed by atoms with Crippen LogP contribution in [0.5, 0.6) is 0 Å². The largest absolute Gasteiger partial charge is 0.478 e. The number of carboxylic acids is 1. The Kier molecular flexibility index (Phi) is 4.14. The molecule has 0 unspecified atom stereocenters. The van der Waals surface area contributed by atoms with Gasteiger partial charge in [-0.25, -0.2) is 9.18 Å². The summed E-state index contributed by atoms with van der Waals surface area (Å²) in [7, 11) is 0. The first kappa shape index (κ1) is 13.5. The molecule has 102 valence electrons.